The molecule has 0 radical (unpaired) electrons. The highest BCUT2D eigenvalue weighted by molar-refractivity contribution is 5.92. The highest BCUT2D eigenvalue weighted by atomic mass is 16.5. The molecule has 0 saturated heterocycles. The van der Waals surface area contributed by atoms with Crippen LogP contribution in [0.2, 0.25) is 0 Å². The van der Waals surface area contributed by atoms with Gasteiger partial charge in [0.1, 0.15) is 11.6 Å². The number of carbonyl (C=O) groups excluding carboxylic acids is 1. The fourth-order valence-corrected chi connectivity index (χ4v) is 2.14. The van der Waals surface area contributed by atoms with Crippen LogP contribution in [0.25, 0.3) is 0 Å². The number of amides is 1. The van der Waals surface area contributed by atoms with Crippen LogP contribution < -0.4 is 15.4 Å². The van der Waals surface area contributed by atoms with Crippen LogP contribution >= 0.6 is 0 Å². The molecule has 2 rings (SSSR count). The average Bonchev–Trinajstić information content (AvgIpc) is 2.63. The van der Waals surface area contributed by atoms with Crippen molar-refractivity contribution in [2.45, 2.75) is 26.2 Å². The van der Waals surface area contributed by atoms with E-state index in [0.29, 0.717) is 18.1 Å². The van der Waals surface area contributed by atoms with E-state index in [9.17, 15) is 4.79 Å². The van der Waals surface area contributed by atoms with Gasteiger partial charge in [-0.25, -0.2) is 0 Å². The fourth-order valence-electron chi connectivity index (χ4n) is 2.14. The summed E-state index contributed by atoms with van der Waals surface area (Å²) in [5.74, 6) is 1.33. The van der Waals surface area contributed by atoms with Crippen LogP contribution in [0.5, 0.6) is 5.75 Å². The highest BCUT2D eigenvalue weighted by Crippen LogP contribution is 2.12. The zero-order valence-corrected chi connectivity index (χ0v) is 14.2. The lowest BCUT2D eigenvalue weighted by Gasteiger charge is -2.07. The van der Waals surface area contributed by atoms with E-state index >= 15 is 0 Å². The number of hydrogen-bond donors (Lipinski definition) is 2. The Balaban J connectivity index is 1.77. The molecular formula is C18H24N4O2. The number of nitrogens with zero attached hydrogens (tertiary/aromatic N) is 2. The van der Waals surface area contributed by atoms with E-state index < -0.39 is 0 Å². The van der Waals surface area contributed by atoms with Crippen LogP contribution in [0, 0.1) is 0 Å². The summed E-state index contributed by atoms with van der Waals surface area (Å²) >= 11 is 0. The molecule has 0 unspecified atom stereocenters. The molecule has 2 N–H and O–H groups in total. The van der Waals surface area contributed by atoms with Crippen LogP contribution in [-0.4, -0.2) is 36.3 Å². The van der Waals surface area contributed by atoms with Crippen molar-refractivity contribution in [1.82, 2.24) is 15.5 Å². The second-order valence-corrected chi connectivity index (χ2v) is 5.44. The first kappa shape index (κ1) is 17.7. The summed E-state index contributed by atoms with van der Waals surface area (Å²) in [5, 5.41) is 14.0. The fraction of sp³-hybridized carbons (Fsp3) is 0.389. The second-order valence-electron chi connectivity index (χ2n) is 5.44. The maximum Gasteiger partial charge on any atom is 0.271 e. The first-order chi connectivity index (χ1) is 11.7. The minimum Gasteiger partial charge on any atom is -0.497 e. The molecule has 0 fully saturated rings. The summed E-state index contributed by atoms with van der Waals surface area (Å²) in [6, 6.07) is 11.4. The quantitative estimate of drug-likeness (QED) is 0.692. The maximum absolute atomic E-state index is 11.8. The topological polar surface area (TPSA) is 76.1 Å². The van der Waals surface area contributed by atoms with Crippen LogP contribution in [0.15, 0.2) is 36.4 Å². The minimum absolute atomic E-state index is 0.180. The number of hydrogen-bond acceptors (Lipinski definition) is 5. The van der Waals surface area contributed by atoms with Gasteiger partial charge in [0.2, 0.25) is 0 Å². The Bertz CT molecular complexity index is 626. The molecule has 6 heteroatoms. The summed E-state index contributed by atoms with van der Waals surface area (Å²) in [6.07, 6.45) is 2.87. The monoisotopic (exact) mass is 328 g/mol. The van der Waals surface area contributed by atoms with E-state index in [2.05, 4.69) is 27.8 Å². The van der Waals surface area contributed by atoms with Crippen molar-refractivity contribution in [3.8, 4) is 5.75 Å². The third-order valence-electron chi connectivity index (χ3n) is 3.59. The first-order valence-electron chi connectivity index (χ1n) is 8.21. The van der Waals surface area contributed by atoms with Gasteiger partial charge in [0.25, 0.3) is 5.91 Å². The van der Waals surface area contributed by atoms with Crippen LogP contribution in [0.1, 0.15) is 35.8 Å². The van der Waals surface area contributed by atoms with Gasteiger partial charge in [-0.1, -0.05) is 25.5 Å². The Morgan fingerprint density at radius 3 is 2.50 bits per heavy atom. The van der Waals surface area contributed by atoms with Crippen molar-refractivity contribution in [3.05, 3.63) is 47.7 Å². The van der Waals surface area contributed by atoms with Crippen LogP contribution in [0.4, 0.5) is 5.82 Å². The van der Waals surface area contributed by atoms with Crippen molar-refractivity contribution in [1.29, 1.82) is 0 Å². The minimum atomic E-state index is -0.180. The van der Waals surface area contributed by atoms with E-state index in [4.69, 9.17) is 4.74 Å². The van der Waals surface area contributed by atoms with Crippen molar-refractivity contribution in [3.63, 3.8) is 0 Å². The maximum atomic E-state index is 11.8. The molecule has 1 aromatic heterocycles. The van der Waals surface area contributed by atoms with Gasteiger partial charge >= 0.3 is 0 Å². The largest absolute Gasteiger partial charge is 0.497 e. The van der Waals surface area contributed by atoms with Gasteiger partial charge in [-0.2, -0.15) is 0 Å². The molecule has 0 spiro atoms. The Kier molecular flexibility index (Phi) is 7.01. The molecule has 0 aliphatic carbocycles. The zero-order chi connectivity index (χ0) is 17.2. The summed E-state index contributed by atoms with van der Waals surface area (Å²) in [7, 11) is 1.66. The van der Waals surface area contributed by atoms with Gasteiger partial charge in [0.15, 0.2) is 5.69 Å². The molecule has 6 nitrogen and oxygen atoms in total. The molecule has 0 bridgehead atoms. The Hall–Kier alpha value is -2.63. The van der Waals surface area contributed by atoms with Crippen LogP contribution in [-0.2, 0) is 6.42 Å². The summed E-state index contributed by atoms with van der Waals surface area (Å²) in [6.45, 7) is 3.49. The van der Waals surface area contributed by atoms with Crippen molar-refractivity contribution < 1.29 is 9.53 Å². The van der Waals surface area contributed by atoms with Gasteiger partial charge in [0, 0.05) is 13.1 Å². The van der Waals surface area contributed by atoms with E-state index in [0.717, 1.165) is 31.6 Å². The number of nitrogens with one attached hydrogen (secondary N) is 2. The molecule has 0 atom stereocenters. The normalized spacial score (nSPS) is 10.2. The summed E-state index contributed by atoms with van der Waals surface area (Å²) in [4.78, 5) is 11.8. The second kappa shape index (κ2) is 9.50. The molecule has 1 heterocycles. The van der Waals surface area contributed by atoms with Crippen LogP contribution in [0.3, 0.4) is 0 Å². The molecule has 2 aromatic rings. The molecule has 0 aliphatic rings. The van der Waals surface area contributed by atoms with Gasteiger partial charge in [-0.15, -0.1) is 10.2 Å². The molecule has 0 saturated carbocycles. The molecule has 1 aromatic carbocycles. The highest BCUT2D eigenvalue weighted by Gasteiger charge is 2.07. The standard InChI is InChI=1S/C18H24N4O2/c1-3-4-12-20-18(23)16-9-10-17(22-21-16)19-13-11-14-5-7-15(24-2)8-6-14/h5-10H,3-4,11-13H2,1-2H3,(H,19,22)(H,20,23). The number of carbonyl (C=O) groups is 1. The number of aromatic nitrogens is 2. The van der Waals surface area contributed by atoms with Crippen molar-refractivity contribution in [2.75, 3.05) is 25.5 Å². The molecule has 128 valence electrons. The Morgan fingerprint density at radius 1 is 1.08 bits per heavy atom. The van der Waals surface area contributed by atoms with Crippen molar-refractivity contribution >= 4 is 11.7 Å². The summed E-state index contributed by atoms with van der Waals surface area (Å²) in [5.41, 5.74) is 1.55. The van der Waals surface area contributed by atoms with E-state index in [1.807, 2.05) is 24.3 Å². The third-order valence-corrected chi connectivity index (χ3v) is 3.59. The molecule has 24 heavy (non-hydrogen) atoms. The Morgan fingerprint density at radius 2 is 1.88 bits per heavy atom. The first-order valence-corrected chi connectivity index (χ1v) is 8.21. The number of rotatable bonds is 9. The average molecular weight is 328 g/mol. The number of ether oxygens (including phenoxy) is 1. The van der Waals surface area contributed by atoms with E-state index in [-0.39, 0.29) is 5.91 Å². The lowest BCUT2D eigenvalue weighted by molar-refractivity contribution is 0.0947. The predicted molar refractivity (Wildman–Crippen MR) is 94.5 cm³/mol. The van der Waals surface area contributed by atoms with Gasteiger partial charge < -0.3 is 15.4 Å². The molecule has 0 aliphatic heterocycles. The predicted octanol–water partition coefficient (Wildman–Crippen LogP) is 2.67. The smallest absolute Gasteiger partial charge is 0.271 e. The third kappa shape index (κ3) is 5.53. The number of anilines is 1. The SMILES string of the molecule is CCCCNC(=O)c1ccc(NCCc2ccc(OC)cc2)nn1. The molecule has 1 amide bonds. The lowest BCUT2D eigenvalue weighted by Crippen LogP contribution is -2.25. The van der Waals surface area contributed by atoms with E-state index in [1.54, 1.807) is 19.2 Å². The molecular weight excluding hydrogens is 304 g/mol. The van der Waals surface area contributed by atoms with E-state index in [1.165, 1.54) is 5.56 Å². The Labute approximate surface area is 142 Å². The zero-order valence-electron chi connectivity index (χ0n) is 14.2. The van der Waals surface area contributed by atoms with Gasteiger partial charge in [-0.3, -0.25) is 4.79 Å². The van der Waals surface area contributed by atoms with Gasteiger partial charge in [0.05, 0.1) is 7.11 Å². The summed E-state index contributed by atoms with van der Waals surface area (Å²) < 4.78 is 5.14. The van der Waals surface area contributed by atoms with Crippen molar-refractivity contribution in [2.24, 2.45) is 0 Å². The van der Waals surface area contributed by atoms with Gasteiger partial charge in [-0.05, 0) is 42.7 Å². The number of unbranched alkanes of at least 4 members (excludes halogenated alkanes) is 1. The lowest BCUT2D eigenvalue weighted by atomic mass is 10.1. The number of methoxy groups -OCH3 is 1. The number of benzene rings is 1.